The van der Waals surface area contributed by atoms with Gasteiger partial charge in [-0.25, -0.2) is 0 Å². The lowest BCUT2D eigenvalue weighted by molar-refractivity contribution is -0.288. The minimum absolute atomic E-state index is 0.0450. The van der Waals surface area contributed by atoms with Gasteiger partial charge in [-0.1, -0.05) is 12.2 Å². The molecule has 0 aromatic heterocycles. The molecule has 0 aromatic carbocycles. The molecule has 1 heterocycles. The van der Waals surface area contributed by atoms with Gasteiger partial charge in [-0.05, 0) is 40.5 Å². The molecule has 0 radical (unpaired) electrons. The first-order chi connectivity index (χ1) is 8.33. The van der Waals surface area contributed by atoms with Crippen LogP contribution in [-0.4, -0.2) is 35.5 Å². The lowest BCUT2D eigenvalue weighted by atomic mass is 9.80. The molecule has 1 rings (SSSR count). The third-order valence-corrected chi connectivity index (χ3v) is 3.33. The van der Waals surface area contributed by atoms with Crippen LogP contribution in [0.2, 0.25) is 0 Å². The van der Waals surface area contributed by atoms with Gasteiger partial charge >= 0.3 is 0 Å². The highest BCUT2D eigenvalue weighted by atomic mass is 16.7. The Morgan fingerprint density at radius 3 is 2.00 bits per heavy atom. The van der Waals surface area contributed by atoms with Gasteiger partial charge in [0.05, 0.1) is 19.3 Å². The molecule has 1 saturated heterocycles. The van der Waals surface area contributed by atoms with E-state index in [0.717, 1.165) is 12.8 Å². The SMILES string of the molecule is C=CCOC1CC(C)(C)N(OCC=C)C(C)(C)C1. The minimum atomic E-state index is -0.0450. The van der Waals surface area contributed by atoms with Crippen molar-refractivity contribution in [3.8, 4) is 0 Å². The maximum Gasteiger partial charge on any atom is 0.0864 e. The van der Waals surface area contributed by atoms with E-state index < -0.39 is 0 Å². The van der Waals surface area contributed by atoms with Crippen molar-refractivity contribution < 1.29 is 9.57 Å². The van der Waals surface area contributed by atoms with Gasteiger partial charge in [0.25, 0.3) is 0 Å². The van der Waals surface area contributed by atoms with Crippen molar-refractivity contribution in [1.29, 1.82) is 0 Å². The largest absolute Gasteiger partial charge is 0.374 e. The molecule has 0 aliphatic carbocycles. The Hall–Kier alpha value is -0.640. The molecule has 0 unspecified atom stereocenters. The van der Waals surface area contributed by atoms with Crippen LogP contribution < -0.4 is 0 Å². The second-order valence-electron chi connectivity index (χ2n) is 6.16. The Morgan fingerprint density at radius 1 is 1.06 bits per heavy atom. The van der Waals surface area contributed by atoms with Crippen molar-refractivity contribution in [2.24, 2.45) is 0 Å². The first kappa shape index (κ1) is 15.4. The zero-order valence-electron chi connectivity index (χ0n) is 12.2. The van der Waals surface area contributed by atoms with Crippen molar-refractivity contribution in [2.45, 2.75) is 57.7 Å². The van der Waals surface area contributed by atoms with Crippen LogP contribution in [0.15, 0.2) is 25.3 Å². The molecule has 0 bridgehead atoms. The summed E-state index contributed by atoms with van der Waals surface area (Å²) < 4.78 is 5.84. The highest BCUT2D eigenvalue weighted by molar-refractivity contribution is 4.97. The Balaban J connectivity index is 2.76. The average molecular weight is 253 g/mol. The Kier molecular flexibility index (Phi) is 5.14. The zero-order chi connectivity index (χ0) is 13.8. The maximum absolute atomic E-state index is 5.86. The highest BCUT2D eigenvalue weighted by Crippen LogP contribution is 2.39. The molecule has 1 aliphatic rings. The minimum Gasteiger partial charge on any atom is -0.374 e. The molecule has 0 atom stereocenters. The summed E-state index contributed by atoms with van der Waals surface area (Å²) in [6, 6.07) is 0. The highest BCUT2D eigenvalue weighted by Gasteiger charge is 2.46. The third-order valence-electron chi connectivity index (χ3n) is 3.33. The van der Waals surface area contributed by atoms with E-state index in [0.29, 0.717) is 13.2 Å². The van der Waals surface area contributed by atoms with Crippen LogP contribution in [0.4, 0.5) is 0 Å². The summed E-state index contributed by atoms with van der Waals surface area (Å²) in [6.45, 7) is 17.4. The first-order valence-electron chi connectivity index (χ1n) is 6.60. The molecule has 0 saturated carbocycles. The number of rotatable bonds is 6. The molecular weight excluding hydrogens is 226 g/mol. The van der Waals surface area contributed by atoms with Gasteiger partial charge < -0.3 is 4.74 Å². The van der Waals surface area contributed by atoms with Gasteiger partial charge in [0, 0.05) is 11.1 Å². The summed E-state index contributed by atoms with van der Waals surface area (Å²) in [5.74, 6) is 0. The quantitative estimate of drug-likeness (QED) is 0.678. The van der Waals surface area contributed by atoms with Crippen LogP contribution in [0.1, 0.15) is 40.5 Å². The molecule has 0 amide bonds. The normalized spacial score (nSPS) is 23.8. The monoisotopic (exact) mass is 253 g/mol. The fourth-order valence-electron chi connectivity index (χ4n) is 2.97. The van der Waals surface area contributed by atoms with E-state index in [1.54, 1.807) is 12.2 Å². The van der Waals surface area contributed by atoms with Gasteiger partial charge in [-0.3, -0.25) is 4.84 Å². The van der Waals surface area contributed by atoms with Crippen LogP contribution in [0.25, 0.3) is 0 Å². The van der Waals surface area contributed by atoms with Gasteiger partial charge in [-0.15, -0.1) is 13.2 Å². The zero-order valence-corrected chi connectivity index (χ0v) is 12.2. The topological polar surface area (TPSA) is 21.7 Å². The lowest BCUT2D eigenvalue weighted by Crippen LogP contribution is -2.61. The summed E-state index contributed by atoms with van der Waals surface area (Å²) >= 11 is 0. The molecule has 0 aromatic rings. The van der Waals surface area contributed by atoms with E-state index in [4.69, 9.17) is 9.57 Å². The number of piperidine rings is 1. The van der Waals surface area contributed by atoms with Gasteiger partial charge in [0.2, 0.25) is 0 Å². The van der Waals surface area contributed by atoms with E-state index >= 15 is 0 Å². The van der Waals surface area contributed by atoms with Crippen molar-refractivity contribution in [2.75, 3.05) is 13.2 Å². The van der Waals surface area contributed by atoms with E-state index in [1.807, 2.05) is 0 Å². The van der Waals surface area contributed by atoms with Crippen molar-refractivity contribution >= 4 is 0 Å². The van der Waals surface area contributed by atoms with Crippen LogP contribution >= 0.6 is 0 Å². The molecule has 104 valence electrons. The van der Waals surface area contributed by atoms with Crippen molar-refractivity contribution in [3.63, 3.8) is 0 Å². The second-order valence-corrected chi connectivity index (χ2v) is 6.16. The predicted molar refractivity (Wildman–Crippen MR) is 75.3 cm³/mol. The number of hydroxylamine groups is 2. The van der Waals surface area contributed by atoms with Crippen molar-refractivity contribution in [3.05, 3.63) is 25.3 Å². The molecular formula is C15H27NO2. The number of hydrogen-bond donors (Lipinski definition) is 0. The van der Waals surface area contributed by atoms with Crippen LogP contribution in [0.5, 0.6) is 0 Å². The van der Waals surface area contributed by atoms with E-state index in [9.17, 15) is 0 Å². The summed E-state index contributed by atoms with van der Waals surface area (Å²) in [5, 5.41) is 2.11. The summed E-state index contributed by atoms with van der Waals surface area (Å²) in [7, 11) is 0. The van der Waals surface area contributed by atoms with E-state index in [2.05, 4.69) is 45.9 Å². The Morgan fingerprint density at radius 2 is 1.56 bits per heavy atom. The fraction of sp³-hybridized carbons (Fsp3) is 0.733. The van der Waals surface area contributed by atoms with Gasteiger partial charge in [0.15, 0.2) is 0 Å². The standard InChI is InChI=1S/C15H27NO2/c1-7-9-17-13-11-14(3,4)16(18-10-8-2)15(5,6)12-13/h7-8,13H,1-2,9-12H2,3-6H3. The van der Waals surface area contributed by atoms with Crippen LogP contribution in [0, 0.1) is 0 Å². The molecule has 0 N–H and O–H groups in total. The number of ether oxygens (including phenoxy) is 1. The van der Waals surface area contributed by atoms with E-state index in [1.165, 1.54) is 0 Å². The molecule has 0 spiro atoms. The van der Waals surface area contributed by atoms with Gasteiger partial charge in [-0.2, -0.15) is 5.06 Å². The van der Waals surface area contributed by atoms with Crippen molar-refractivity contribution in [1.82, 2.24) is 5.06 Å². The number of nitrogens with zero attached hydrogens (tertiary/aromatic N) is 1. The van der Waals surface area contributed by atoms with Crippen LogP contribution in [0.3, 0.4) is 0 Å². The summed E-state index contributed by atoms with van der Waals surface area (Å²) in [5.41, 5.74) is -0.0901. The average Bonchev–Trinajstić information content (AvgIpc) is 2.23. The predicted octanol–water partition coefficient (Wildman–Crippen LogP) is 3.33. The molecule has 3 heteroatoms. The summed E-state index contributed by atoms with van der Waals surface area (Å²) in [4.78, 5) is 5.86. The molecule has 3 nitrogen and oxygen atoms in total. The molecule has 18 heavy (non-hydrogen) atoms. The Labute approximate surface area is 111 Å². The number of hydrogen-bond acceptors (Lipinski definition) is 3. The molecule has 1 aliphatic heterocycles. The fourth-order valence-corrected chi connectivity index (χ4v) is 2.97. The van der Waals surface area contributed by atoms with Crippen LogP contribution in [-0.2, 0) is 9.57 Å². The molecule has 1 fully saturated rings. The lowest BCUT2D eigenvalue weighted by Gasteiger charge is -2.53. The third kappa shape index (κ3) is 3.67. The second kappa shape index (κ2) is 6.00. The Bertz CT molecular complexity index is 279. The van der Waals surface area contributed by atoms with Gasteiger partial charge in [0.1, 0.15) is 0 Å². The smallest absolute Gasteiger partial charge is 0.0864 e. The maximum atomic E-state index is 5.86. The van der Waals surface area contributed by atoms with E-state index in [-0.39, 0.29) is 17.2 Å². The summed E-state index contributed by atoms with van der Waals surface area (Å²) in [6.07, 6.45) is 5.77. The first-order valence-corrected chi connectivity index (χ1v) is 6.60.